The quantitative estimate of drug-likeness (QED) is 0.304. The summed E-state index contributed by atoms with van der Waals surface area (Å²) in [6.45, 7) is 6.90. The summed E-state index contributed by atoms with van der Waals surface area (Å²) < 4.78 is 0. The van der Waals surface area contributed by atoms with Crippen molar-refractivity contribution in [3.05, 3.63) is 36.5 Å². The van der Waals surface area contributed by atoms with Gasteiger partial charge in [-0.1, -0.05) is 44.2 Å². The second-order valence-electron chi connectivity index (χ2n) is 4.07. The summed E-state index contributed by atoms with van der Waals surface area (Å²) in [6.07, 6.45) is 13.6. The second kappa shape index (κ2) is 10.2. The second-order valence-corrected chi connectivity index (χ2v) is 4.07. The summed E-state index contributed by atoms with van der Waals surface area (Å²) in [5, 5.41) is 2.82. The molecule has 1 N–H and O–H groups in total. The Kier molecular flexibility index (Phi) is 9.38. The first-order valence-electron chi connectivity index (χ1n) is 5.89. The number of carbonyl (C=O) groups is 1. The highest BCUT2D eigenvalue weighted by atomic mass is 16.1. The van der Waals surface area contributed by atoms with Crippen molar-refractivity contribution in [3.8, 4) is 0 Å². The Morgan fingerprint density at radius 2 is 1.88 bits per heavy atom. The maximum absolute atomic E-state index is 11.2. The molecule has 1 amide bonds. The van der Waals surface area contributed by atoms with Gasteiger partial charge in [0.15, 0.2) is 0 Å². The van der Waals surface area contributed by atoms with Gasteiger partial charge in [0, 0.05) is 12.6 Å². The largest absolute Gasteiger partial charge is 0.352 e. The lowest BCUT2D eigenvalue weighted by atomic mass is 10.2. The number of hydrogen-bond acceptors (Lipinski definition) is 1. The average Bonchev–Trinajstić information content (AvgIpc) is 2.25. The van der Waals surface area contributed by atoms with E-state index < -0.39 is 0 Å². The zero-order chi connectivity index (χ0) is 12.2. The number of unbranched alkanes of at least 4 members (excludes halogenated alkanes) is 1. The van der Waals surface area contributed by atoms with Gasteiger partial charge in [0.2, 0.25) is 5.91 Å². The third-order valence-electron chi connectivity index (χ3n) is 1.92. The fourth-order valence-electron chi connectivity index (χ4n) is 1.04. The van der Waals surface area contributed by atoms with Crippen LogP contribution in [0.15, 0.2) is 36.5 Å². The molecular weight excluding hydrogens is 198 g/mol. The Balaban J connectivity index is 3.62. The molecule has 0 radical (unpaired) electrons. The van der Waals surface area contributed by atoms with Crippen molar-refractivity contribution in [1.29, 1.82) is 0 Å². The first kappa shape index (κ1) is 14.7. The van der Waals surface area contributed by atoms with E-state index in [1.165, 1.54) is 0 Å². The zero-order valence-corrected chi connectivity index (χ0v) is 10.6. The first-order chi connectivity index (χ1) is 7.66. The van der Waals surface area contributed by atoms with Crippen molar-refractivity contribution in [3.63, 3.8) is 0 Å². The molecule has 0 aliphatic heterocycles. The van der Waals surface area contributed by atoms with E-state index in [0.717, 1.165) is 19.4 Å². The Hall–Kier alpha value is -1.31. The highest BCUT2D eigenvalue weighted by Crippen LogP contribution is 1.93. The van der Waals surface area contributed by atoms with Crippen LogP contribution in [-0.4, -0.2) is 12.5 Å². The average molecular weight is 221 g/mol. The summed E-state index contributed by atoms with van der Waals surface area (Å²) in [5.41, 5.74) is 0. The van der Waals surface area contributed by atoms with Crippen molar-refractivity contribution in [2.24, 2.45) is 5.92 Å². The highest BCUT2D eigenvalue weighted by molar-refractivity contribution is 5.87. The van der Waals surface area contributed by atoms with Gasteiger partial charge in [-0.05, 0) is 25.7 Å². The number of hydrogen-bond donors (Lipinski definition) is 1. The summed E-state index contributed by atoms with van der Waals surface area (Å²) in [5.74, 6) is 0.473. The van der Waals surface area contributed by atoms with E-state index in [1.807, 2.05) is 19.1 Å². The third kappa shape index (κ3) is 10.8. The van der Waals surface area contributed by atoms with Crippen LogP contribution in [0.25, 0.3) is 0 Å². The van der Waals surface area contributed by atoms with Gasteiger partial charge in [0.05, 0.1) is 0 Å². The van der Waals surface area contributed by atoms with Gasteiger partial charge < -0.3 is 5.32 Å². The Labute approximate surface area is 99.1 Å². The maximum atomic E-state index is 11.2. The smallest absolute Gasteiger partial charge is 0.243 e. The van der Waals surface area contributed by atoms with Gasteiger partial charge in [-0.25, -0.2) is 0 Å². The van der Waals surface area contributed by atoms with Crippen molar-refractivity contribution in [2.45, 2.75) is 33.6 Å². The molecule has 16 heavy (non-hydrogen) atoms. The fourth-order valence-corrected chi connectivity index (χ4v) is 1.04. The van der Waals surface area contributed by atoms with E-state index in [0.29, 0.717) is 5.92 Å². The molecule has 0 aromatic carbocycles. The SMILES string of the molecule is C/C=C/CC/C=C\C=C\C(=O)NCC(C)C. The number of allylic oxidation sites excluding steroid dienone is 5. The summed E-state index contributed by atoms with van der Waals surface area (Å²) in [4.78, 5) is 11.2. The Morgan fingerprint density at radius 1 is 1.19 bits per heavy atom. The standard InChI is InChI=1S/C14H23NO/c1-4-5-6-7-8-9-10-11-14(16)15-12-13(2)3/h4-5,8-11,13H,6-7,12H2,1-3H3,(H,15,16)/b5-4+,9-8-,11-10+. The molecule has 0 aromatic rings. The van der Waals surface area contributed by atoms with Gasteiger partial charge in [-0.15, -0.1) is 0 Å². The molecule has 0 atom stereocenters. The highest BCUT2D eigenvalue weighted by Gasteiger charge is 1.95. The molecule has 0 aromatic heterocycles. The molecule has 0 fully saturated rings. The number of nitrogens with one attached hydrogen (secondary N) is 1. The van der Waals surface area contributed by atoms with Crippen molar-refractivity contribution >= 4 is 5.91 Å². The number of amides is 1. The van der Waals surface area contributed by atoms with Crippen LogP contribution in [0, 0.1) is 5.92 Å². The molecular formula is C14H23NO. The molecule has 0 aliphatic carbocycles. The summed E-state index contributed by atoms with van der Waals surface area (Å²) >= 11 is 0. The lowest BCUT2D eigenvalue weighted by Crippen LogP contribution is -2.25. The van der Waals surface area contributed by atoms with Gasteiger partial charge in [0.1, 0.15) is 0 Å². The maximum Gasteiger partial charge on any atom is 0.243 e. The van der Waals surface area contributed by atoms with Crippen LogP contribution in [0.1, 0.15) is 33.6 Å². The minimum Gasteiger partial charge on any atom is -0.352 e. The normalized spacial score (nSPS) is 12.2. The molecule has 2 nitrogen and oxygen atoms in total. The minimum absolute atomic E-state index is 0.0215. The summed E-state index contributed by atoms with van der Waals surface area (Å²) in [7, 11) is 0. The van der Waals surface area contributed by atoms with Crippen molar-refractivity contribution in [2.75, 3.05) is 6.54 Å². The first-order valence-corrected chi connectivity index (χ1v) is 5.89. The topological polar surface area (TPSA) is 29.1 Å². The van der Waals surface area contributed by atoms with Crippen LogP contribution in [0.3, 0.4) is 0 Å². The van der Waals surface area contributed by atoms with E-state index in [2.05, 4.69) is 31.3 Å². The predicted octanol–water partition coefficient (Wildman–Crippen LogP) is 3.23. The lowest BCUT2D eigenvalue weighted by molar-refractivity contribution is -0.116. The zero-order valence-electron chi connectivity index (χ0n) is 10.6. The van der Waals surface area contributed by atoms with Crippen LogP contribution in [0.5, 0.6) is 0 Å². The Morgan fingerprint density at radius 3 is 2.50 bits per heavy atom. The molecule has 0 aliphatic rings. The van der Waals surface area contributed by atoms with Crippen LogP contribution < -0.4 is 5.32 Å². The van der Waals surface area contributed by atoms with Crippen LogP contribution in [0.2, 0.25) is 0 Å². The monoisotopic (exact) mass is 221 g/mol. The molecule has 0 saturated carbocycles. The van der Waals surface area contributed by atoms with Gasteiger partial charge in [-0.3, -0.25) is 4.79 Å². The van der Waals surface area contributed by atoms with Crippen LogP contribution in [-0.2, 0) is 4.79 Å². The van der Waals surface area contributed by atoms with E-state index in [1.54, 1.807) is 12.2 Å². The Bertz CT molecular complexity index is 262. The molecule has 2 heteroatoms. The molecule has 0 unspecified atom stereocenters. The molecule has 90 valence electrons. The van der Waals surface area contributed by atoms with E-state index in [4.69, 9.17) is 0 Å². The van der Waals surface area contributed by atoms with Crippen LogP contribution in [0.4, 0.5) is 0 Å². The van der Waals surface area contributed by atoms with Gasteiger partial charge in [0.25, 0.3) is 0 Å². The van der Waals surface area contributed by atoms with Crippen molar-refractivity contribution in [1.82, 2.24) is 5.32 Å². The van der Waals surface area contributed by atoms with Crippen LogP contribution >= 0.6 is 0 Å². The third-order valence-corrected chi connectivity index (χ3v) is 1.92. The molecule has 0 bridgehead atoms. The summed E-state index contributed by atoms with van der Waals surface area (Å²) in [6, 6.07) is 0. The fraction of sp³-hybridized carbons (Fsp3) is 0.500. The molecule has 0 rings (SSSR count). The molecule has 0 spiro atoms. The number of carbonyl (C=O) groups excluding carboxylic acids is 1. The van der Waals surface area contributed by atoms with E-state index >= 15 is 0 Å². The van der Waals surface area contributed by atoms with E-state index in [9.17, 15) is 4.79 Å². The van der Waals surface area contributed by atoms with E-state index in [-0.39, 0.29) is 5.91 Å². The minimum atomic E-state index is -0.0215. The number of rotatable bonds is 7. The molecule has 0 saturated heterocycles. The van der Waals surface area contributed by atoms with Gasteiger partial charge in [-0.2, -0.15) is 0 Å². The van der Waals surface area contributed by atoms with Crippen molar-refractivity contribution < 1.29 is 4.79 Å². The molecule has 0 heterocycles. The van der Waals surface area contributed by atoms with Gasteiger partial charge >= 0.3 is 0 Å². The lowest BCUT2D eigenvalue weighted by Gasteiger charge is -2.03. The predicted molar refractivity (Wildman–Crippen MR) is 70.2 cm³/mol.